The minimum atomic E-state index is -0.0800. The summed E-state index contributed by atoms with van der Waals surface area (Å²) in [6.07, 6.45) is 9.85. The zero-order chi connectivity index (χ0) is 26.6. The number of carbonyl (C=O) groups excluding carboxylic acids is 1. The van der Waals surface area contributed by atoms with E-state index < -0.39 is 0 Å². The molecule has 8 nitrogen and oxygen atoms in total. The third-order valence-corrected chi connectivity index (χ3v) is 6.30. The van der Waals surface area contributed by atoms with Crippen molar-refractivity contribution >= 4 is 39.9 Å². The maximum Gasteiger partial charge on any atom is 0.225 e. The molecule has 190 valence electrons. The number of aryl methyl sites for hydroxylation is 1. The predicted octanol–water partition coefficient (Wildman–Crippen LogP) is 6.73. The molecule has 1 aromatic carbocycles. The Kier molecular flexibility index (Phi) is 7.15. The van der Waals surface area contributed by atoms with Gasteiger partial charge in [0.2, 0.25) is 5.91 Å². The quantitative estimate of drug-likeness (QED) is 0.205. The van der Waals surface area contributed by atoms with Crippen LogP contribution in [0, 0.1) is 6.92 Å². The Balaban J connectivity index is 1.53. The van der Waals surface area contributed by atoms with Crippen molar-refractivity contribution in [2.24, 2.45) is 0 Å². The number of nitrogens with one attached hydrogen (secondary N) is 3. The van der Waals surface area contributed by atoms with Gasteiger partial charge in [0, 0.05) is 46.2 Å². The number of anilines is 1. The number of aromatic amines is 2. The van der Waals surface area contributed by atoms with E-state index in [-0.39, 0.29) is 5.91 Å². The Hall–Kier alpha value is -4.56. The highest BCUT2D eigenvalue weighted by Gasteiger charge is 2.18. The van der Waals surface area contributed by atoms with Crippen molar-refractivity contribution in [3.05, 3.63) is 95.1 Å². The number of H-pyrrole nitrogens is 2. The Labute approximate surface area is 224 Å². The summed E-state index contributed by atoms with van der Waals surface area (Å²) < 4.78 is 0. The Morgan fingerprint density at radius 1 is 1.11 bits per heavy atom. The average molecular weight is 524 g/mol. The number of aromatic nitrogens is 6. The number of amides is 1. The summed E-state index contributed by atoms with van der Waals surface area (Å²) in [6, 6.07) is 13.4. The van der Waals surface area contributed by atoms with Gasteiger partial charge in [0.15, 0.2) is 11.5 Å². The SMILES string of the molecule is C/C=C\C=C(\c1cccc(Cl)c1)c1nc(-c2[nH]nc3ncc(-c4ccc(NC(=O)CC)nc4)cc23)[nH]c1C. The third kappa shape index (κ3) is 5.12. The Bertz CT molecular complexity index is 1680. The van der Waals surface area contributed by atoms with Crippen molar-refractivity contribution in [2.45, 2.75) is 27.2 Å². The van der Waals surface area contributed by atoms with Crippen LogP contribution in [0.2, 0.25) is 5.02 Å². The minimum Gasteiger partial charge on any atom is -0.340 e. The smallest absolute Gasteiger partial charge is 0.225 e. The van der Waals surface area contributed by atoms with Gasteiger partial charge in [0.05, 0.1) is 11.1 Å². The lowest BCUT2D eigenvalue weighted by molar-refractivity contribution is -0.115. The number of benzene rings is 1. The lowest BCUT2D eigenvalue weighted by Gasteiger charge is -2.06. The summed E-state index contributed by atoms with van der Waals surface area (Å²) in [5, 5.41) is 11.7. The molecule has 0 radical (unpaired) electrons. The molecule has 0 saturated carbocycles. The summed E-state index contributed by atoms with van der Waals surface area (Å²) in [7, 11) is 0. The van der Waals surface area contributed by atoms with Gasteiger partial charge in [-0.2, -0.15) is 5.10 Å². The Morgan fingerprint density at radius 2 is 1.95 bits per heavy atom. The number of hydrogen-bond donors (Lipinski definition) is 3. The lowest BCUT2D eigenvalue weighted by Crippen LogP contribution is -2.10. The molecule has 5 aromatic rings. The number of allylic oxidation sites excluding steroid dienone is 3. The largest absolute Gasteiger partial charge is 0.340 e. The minimum absolute atomic E-state index is 0.0800. The first-order valence-corrected chi connectivity index (χ1v) is 12.6. The van der Waals surface area contributed by atoms with E-state index in [0.717, 1.165) is 44.7 Å². The predicted molar refractivity (Wildman–Crippen MR) is 152 cm³/mol. The third-order valence-electron chi connectivity index (χ3n) is 6.06. The molecule has 0 aliphatic rings. The van der Waals surface area contributed by atoms with Gasteiger partial charge in [-0.05, 0) is 49.7 Å². The van der Waals surface area contributed by atoms with Gasteiger partial charge in [-0.15, -0.1) is 0 Å². The van der Waals surface area contributed by atoms with Gasteiger partial charge >= 0.3 is 0 Å². The number of imidazole rings is 1. The first kappa shape index (κ1) is 25.1. The van der Waals surface area contributed by atoms with Crippen molar-refractivity contribution in [1.29, 1.82) is 0 Å². The van der Waals surface area contributed by atoms with E-state index >= 15 is 0 Å². The number of pyridine rings is 2. The van der Waals surface area contributed by atoms with Crippen molar-refractivity contribution in [2.75, 3.05) is 5.32 Å². The van der Waals surface area contributed by atoms with Gasteiger partial charge in [-0.1, -0.05) is 48.9 Å². The van der Waals surface area contributed by atoms with Crippen LogP contribution >= 0.6 is 11.6 Å². The average Bonchev–Trinajstić information content (AvgIpc) is 3.52. The highest BCUT2D eigenvalue weighted by molar-refractivity contribution is 6.30. The zero-order valence-corrected chi connectivity index (χ0v) is 22.0. The molecule has 0 unspecified atom stereocenters. The lowest BCUT2D eigenvalue weighted by atomic mass is 10.0. The molecular weight excluding hydrogens is 498 g/mol. The number of carbonyl (C=O) groups is 1. The van der Waals surface area contributed by atoms with Crippen LogP contribution in [-0.4, -0.2) is 36.0 Å². The Morgan fingerprint density at radius 3 is 2.68 bits per heavy atom. The molecular formula is C29H26ClN7O. The van der Waals surface area contributed by atoms with Crippen LogP contribution in [-0.2, 0) is 4.79 Å². The zero-order valence-electron chi connectivity index (χ0n) is 21.2. The molecule has 1 amide bonds. The molecule has 9 heteroatoms. The number of nitrogens with zero attached hydrogens (tertiary/aromatic N) is 4. The number of fused-ring (bicyclic) bond motifs is 1. The summed E-state index contributed by atoms with van der Waals surface area (Å²) >= 11 is 6.29. The van der Waals surface area contributed by atoms with Crippen LogP contribution in [0.5, 0.6) is 0 Å². The standard InChI is InChI=1S/C29H26ClN7O/c1-4-6-10-22(18-8-7-9-21(30)13-18)26-17(3)33-29(35-26)27-23-14-20(16-32-28(23)37-36-27)19-11-12-24(31-15-19)34-25(38)5-2/h4,6-16H,5H2,1-3H3,(H,33,35)(H,31,34,38)(H,32,36,37)/b6-4-,22-10-. The van der Waals surface area contributed by atoms with Gasteiger partial charge < -0.3 is 10.3 Å². The molecule has 38 heavy (non-hydrogen) atoms. The molecule has 0 aliphatic heterocycles. The maximum atomic E-state index is 11.6. The number of rotatable bonds is 7. The molecule has 3 N–H and O–H groups in total. The van der Waals surface area contributed by atoms with E-state index in [2.05, 4.69) is 30.5 Å². The van der Waals surface area contributed by atoms with E-state index in [1.165, 1.54) is 0 Å². The van der Waals surface area contributed by atoms with Crippen LogP contribution in [0.25, 0.3) is 39.3 Å². The highest BCUT2D eigenvalue weighted by Crippen LogP contribution is 2.32. The van der Waals surface area contributed by atoms with Crippen molar-refractivity contribution in [3.8, 4) is 22.6 Å². The normalized spacial score (nSPS) is 11.9. The molecule has 4 heterocycles. The van der Waals surface area contributed by atoms with Gasteiger partial charge in [-0.25, -0.2) is 15.0 Å². The van der Waals surface area contributed by atoms with Crippen molar-refractivity contribution < 1.29 is 4.79 Å². The van der Waals surface area contributed by atoms with Crippen LogP contribution < -0.4 is 5.32 Å². The second-order valence-corrected chi connectivity index (χ2v) is 9.14. The molecule has 0 spiro atoms. The molecule has 4 aromatic heterocycles. The highest BCUT2D eigenvalue weighted by atomic mass is 35.5. The summed E-state index contributed by atoms with van der Waals surface area (Å²) in [6.45, 7) is 5.76. The first-order valence-electron chi connectivity index (χ1n) is 12.2. The van der Waals surface area contributed by atoms with E-state index in [9.17, 15) is 4.79 Å². The molecule has 5 rings (SSSR count). The van der Waals surface area contributed by atoms with E-state index in [1.807, 2.05) is 68.5 Å². The monoisotopic (exact) mass is 523 g/mol. The van der Waals surface area contributed by atoms with E-state index in [0.29, 0.717) is 28.7 Å². The number of halogens is 1. The fourth-order valence-corrected chi connectivity index (χ4v) is 4.30. The second-order valence-electron chi connectivity index (χ2n) is 8.70. The fourth-order valence-electron chi connectivity index (χ4n) is 4.11. The maximum absolute atomic E-state index is 11.6. The van der Waals surface area contributed by atoms with Crippen LogP contribution in [0.4, 0.5) is 5.82 Å². The van der Waals surface area contributed by atoms with Crippen LogP contribution in [0.15, 0.2) is 73.1 Å². The topological polar surface area (TPSA) is 112 Å². The summed E-state index contributed by atoms with van der Waals surface area (Å²) in [5.74, 6) is 1.09. The van der Waals surface area contributed by atoms with Crippen LogP contribution in [0.3, 0.4) is 0 Å². The van der Waals surface area contributed by atoms with Crippen molar-refractivity contribution in [3.63, 3.8) is 0 Å². The summed E-state index contributed by atoms with van der Waals surface area (Å²) in [4.78, 5) is 28.9. The number of hydrogen-bond acceptors (Lipinski definition) is 5. The molecule has 0 bridgehead atoms. The molecule has 0 fully saturated rings. The van der Waals surface area contributed by atoms with Gasteiger partial charge in [0.25, 0.3) is 0 Å². The van der Waals surface area contributed by atoms with E-state index in [4.69, 9.17) is 16.6 Å². The van der Waals surface area contributed by atoms with Gasteiger partial charge in [0.1, 0.15) is 11.5 Å². The van der Waals surface area contributed by atoms with Crippen LogP contribution in [0.1, 0.15) is 37.2 Å². The first-order chi connectivity index (χ1) is 18.5. The van der Waals surface area contributed by atoms with Gasteiger partial charge in [-0.3, -0.25) is 9.89 Å². The molecule has 0 aliphatic carbocycles. The summed E-state index contributed by atoms with van der Waals surface area (Å²) in [5.41, 5.74) is 6.72. The molecule has 0 atom stereocenters. The fraction of sp³-hybridized carbons (Fsp3) is 0.138. The second kappa shape index (κ2) is 10.8. The molecule has 0 saturated heterocycles. The van der Waals surface area contributed by atoms with Crippen molar-refractivity contribution in [1.82, 2.24) is 30.1 Å². The van der Waals surface area contributed by atoms with E-state index in [1.54, 1.807) is 25.4 Å².